The van der Waals surface area contributed by atoms with E-state index in [0.29, 0.717) is 17.3 Å². The van der Waals surface area contributed by atoms with Gasteiger partial charge >= 0.3 is 0 Å². The molecule has 0 saturated carbocycles. The Morgan fingerprint density at radius 3 is 3.11 bits per heavy atom. The first-order valence-electron chi connectivity index (χ1n) is 6.05. The Labute approximate surface area is 116 Å². The Morgan fingerprint density at radius 1 is 1.47 bits per heavy atom. The van der Waals surface area contributed by atoms with Crippen molar-refractivity contribution in [3.8, 4) is 5.75 Å². The van der Waals surface area contributed by atoms with Gasteiger partial charge in [0.2, 0.25) is 0 Å². The monoisotopic (exact) mass is 280 g/mol. The second kappa shape index (κ2) is 6.40. The van der Waals surface area contributed by atoms with E-state index in [2.05, 4.69) is 17.7 Å². The number of hydroxylamine groups is 1. The lowest BCUT2D eigenvalue weighted by Crippen LogP contribution is -2.35. The van der Waals surface area contributed by atoms with Gasteiger partial charge in [-0.25, -0.2) is 5.48 Å². The van der Waals surface area contributed by atoms with Gasteiger partial charge in [-0.05, 0) is 36.8 Å². The van der Waals surface area contributed by atoms with Gasteiger partial charge in [-0.1, -0.05) is 6.92 Å². The molecule has 0 saturated heterocycles. The Balaban J connectivity index is 1.91. The van der Waals surface area contributed by atoms with Crippen LogP contribution >= 0.6 is 12.2 Å². The third-order valence-electron chi connectivity index (χ3n) is 2.57. The number of rotatable bonds is 5. The normalized spacial score (nSPS) is 10.6. The van der Waals surface area contributed by atoms with Crippen molar-refractivity contribution in [1.82, 2.24) is 10.8 Å². The van der Waals surface area contributed by atoms with Crippen molar-refractivity contribution in [1.29, 1.82) is 0 Å². The largest absolute Gasteiger partial charge is 0.508 e. The fourth-order valence-corrected chi connectivity index (χ4v) is 1.80. The topological polar surface area (TPSA) is 66.7 Å². The first kappa shape index (κ1) is 13.6. The molecule has 2 rings (SSSR count). The average Bonchev–Trinajstić information content (AvgIpc) is 2.79. The summed E-state index contributed by atoms with van der Waals surface area (Å²) in [6.45, 7) is 3.16. The molecule has 1 heterocycles. The minimum Gasteiger partial charge on any atom is -0.508 e. The first-order chi connectivity index (χ1) is 9.20. The predicted octanol–water partition coefficient (Wildman–Crippen LogP) is 2.44. The smallest absolute Gasteiger partial charge is 0.190 e. The zero-order chi connectivity index (χ0) is 13.7. The summed E-state index contributed by atoms with van der Waals surface area (Å²) >= 11 is 5.02. The molecule has 5 nitrogen and oxygen atoms in total. The zero-order valence-electron chi connectivity index (χ0n) is 10.6. The number of thiocarbonyl (C=S) groups is 1. The highest BCUT2D eigenvalue weighted by Gasteiger charge is 2.07. The van der Waals surface area contributed by atoms with Gasteiger partial charge in [-0.15, -0.1) is 0 Å². The highest BCUT2D eigenvalue weighted by atomic mass is 32.1. The third kappa shape index (κ3) is 3.59. The summed E-state index contributed by atoms with van der Waals surface area (Å²) in [5, 5.41) is 13.7. The van der Waals surface area contributed by atoms with Crippen molar-refractivity contribution < 1.29 is 14.4 Å². The van der Waals surface area contributed by atoms with E-state index in [4.69, 9.17) is 21.5 Å². The molecule has 0 aliphatic rings. The molecule has 0 fully saturated rings. The molecule has 1 aromatic heterocycles. The van der Waals surface area contributed by atoms with Crippen LogP contribution in [0.4, 0.5) is 0 Å². The molecule has 0 bridgehead atoms. The van der Waals surface area contributed by atoms with Gasteiger partial charge < -0.3 is 14.8 Å². The molecule has 6 heteroatoms. The number of hydrogen-bond donors (Lipinski definition) is 3. The molecule has 0 amide bonds. The third-order valence-corrected chi connectivity index (χ3v) is 2.79. The second-order valence-corrected chi connectivity index (χ2v) is 4.50. The van der Waals surface area contributed by atoms with E-state index in [1.54, 1.807) is 24.5 Å². The Bertz CT molecular complexity index is 568. The maximum Gasteiger partial charge on any atom is 0.190 e. The number of hydrogen-bond acceptors (Lipinski definition) is 4. The van der Waals surface area contributed by atoms with Crippen molar-refractivity contribution in [2.45, 2.75) is 20.0 Å². The molecule has 0 radical (unpaired) electrons. The molecule has 0 aliphatic heterocycles. The van der Waals surface area contributed by atoms with Crippen LogP contribution in [0.25, 0.3) is 11.0 Å². The predicted molar refractivity (Wildman–Crippen MR) is 76.7 cm³/mol. The van der Waals surface area contributed by atoms with Crippen LogP contribution in [-0.2, 0) is 11.4 Å². The number of aromatic hydroxyl groups is 1. The van der Waals surface area contributed by atoms with Gasteiger partial charge in [0.25, 0.3) is 0 Å². The maximum absolute atomic E-state index is 9.45. The van der Waals surface area contributed by atoms with Crippen molar-refractivity contribution in [2.75, 3.05) is 6.54 Å². The van der Waals surface area contributed by atoms with Gasteiger partial charge in [-0.3, -0.25) is 4.84 Å². The summed E-state index contributed by atoms with van der Waals surface area (Å²) in [4.78, 5) is 5.29. The van der Waals surface area contributed by atoms with Crippen LogP contribution in [0.15, 0.2) is 28.9 Å². The highest BCUT2D eigenvalue weighted by molar-refractivity contribution is 7.80. The second-order valence-electron chi connectivity index (χ2n) is 4.09. The molecular weight excluding hydrogens is 264 g/mol. The van der Waals surface area contributed by atoms with Crippen LogP contribution in [0, 0.1) is 0 Å². The molecule has 3 N–H and O–H groups in total. The molecule has 2 aromatic rings. The van der Waals surface area contributed by atoms with E-state index < -0.39 is 0 Å². The van der Waals surface area contributed by atoms with Crippen LogP contribution in [0.1, 0.15) is 18.9 Å². The molecule has 19 heavy (non-hydrogen) atoms. The van der Waals surface area contributed by atoms with Gasteiger partial charge in [0.05, 0.1) is 6.26 Å². The summed E-state index contributed by atoms with van der Waals surface area (Å²) in [7, 11) is 0. The zero-order valence-corrected chi connectivity index (χ0v) is 11.4. The Hall–Kier alpha value is -1.79. The summed E-state index contributed by atoms with van der Waals surface area (Å²) in [6, 6.07) is 4.94. The highest BCUT2D eigenvalue weighted by Crippen LogP contribution is 2.25. The fourth-order valence-electron chi connectivity index (χ4n) is 1.64. The first-order valence-corrected chi connectivity index (χ1v) is 6.46. The molecule has 102 valence electrons. The van der Waals surface area contributed by atoms with Crippen LogP contribution in [-0.4, -0.2) is 16.8 Å². The van der Waals surface area contributed by atoms with E-state index in [0.717, 1.165) is 23.9 Å². The van der Waals surface area contributed by atoms with Crippen LogP contribution in [0.5, 0.6) is 5.75 Å². The van der Waals surface area contributed by atoms with Crippen molar-refractivity contribution in [3.05, 3.63) is 30.0 Å². The molecular formula is C13H16N2O3S. The SMILES string of the molecule is CCCNC(=S)NOCc1coc2ccc(O)cc12. The van der Waals surface area contributed by atoms with Crippen LogP contribution < -0.4 is 10.8 Å². The Morgan fingerprint density at radius 2 is 2.32 bits per heavy atom. The lowest BCUT2D eigenvalue weighted by molar-refractivity contribution is 0.0709. The minimum atomic E-state index is 0.197. The van der Waals surface area contributed by atoms with Crippen molar-refractivity contribution >= 4 is 28.3 Å². The number of phenolic OH excluding ortho intramolecular Hbond substituents is 1. The van der Waals surface area contributed by atoms with Gasteiger partial charge in [0.1, 0.15) is 17.9 Å². The van der Waals surface area contributed by atoms with E-state index in [-0.39, 0.29) is 5.75 Å². The van der Waals surface area contributed by atoms with E-state index in [1.165, 1.54) is 0 Å². The van der Waals surface area contributed by atoms with Crippen molar-refractivity contribution in [3.63, 3.8) is 0 Å². The van der Waals surface area contributed by atoms with Gasteiger partial charge in [0, 0.05) is 17.5 Å². The average molecular weight is 280 g/mol. The van der Waals surface area contributed by atoms with Gasteiger partial charge in [-0.2, -0.15) is 0 Å². The summed E-state index contributed by atoms with van der Waals surface area (Å²) in [6.07, 6.45) is 2.60. The minimum absolute atomic E-state index is 0.197. The number of phenols is 1. The number of furan rings is 1. The summed E-state index contributed by atoms with van der Waals surface area (Å²) in [5.74, 6) is 0.197. The van der Waals surface area contributed by atoms with Crippen LogP contribution in [0.3, 0.4) is 0 Å². The molecule has 0 aliphatic carbocycles. The van der Waals surface area contributed by atoms with E-state index in [1.807, 2.05) is 0 Å². The lowest BCUT2D eigenvalue weighted by Gasteiger charge is -2.08. The molecule has 0 spiro atoms. The van der Waals surface area contributed by atoms with Crippen LogP contribution in [0.2, 0.25) is 0 Å². The summed E-state index contributed by atoms with van der Waals surface area (Å²) < 4.78 is 5.36. The van der Waals surface area contributed by atoms with Crippen molar-refractivity contribution in [2.24, 2.45) is 0 Å². The molecule has 0 unspecified atom stereocenters. The molecule has 1 aromatic carbocycles. The van der Waals surface area contributed by atoms with E-state index >= 15 is 0 Å². The Kier molecular flexibility index (Phi) is 4.59. The quantitative estimate of drug-likeness (QED) is 0.577. The maximum atomic E-state index is 9.45. The number of nitrogens with one attached hydrogen (secondary N) is 2. The standard InChI is InChI=1S/C13H16N2O3S/c1-2-5-14-13(19)15-18-8-9-7-17-12-4-3-10(16)6-11(9)12/h3-4,6-7,16H,2,5,8H2,1H3,(H2,14,15,19). The fraction of sp³-hybridized carbons (Fsp3) is 0.308. The summed E-state index contributed by atoms with van der Waals surface area (Å²) in [5.41, 5.74) is 4.21. The lowest BCUT2D eigenvalue weighted by atomic mass is 10.2. The van der Waals surface area contributed by atoms with Gasteiger partial charge in [0.15, 0.2) is 5.11 Å². The number of fused-ring (bicyclic) bond motifs is 1. The van der Waals surface area contributed by atoms with E-state index in [9.17, 15) is 5.11 Å². The number of benzene rings is 1. The molecule has 0 atom stereocenters.